The molecule has 2 aliphatic heterocycles. The van der Waals surface area contributed by atoms with Crippen molar-refractivity contribution in [2.24, 2.45) is 7.05 Å². The molecular formula is C21H21N3O2S. The average molecular weight is 379 g/mol. The fraction of sp³-hybridized carbons (Fsp3) is 0.333. The summed E-state index contributed by atoms with van der Waals surface area (Å²) in [5, 5.41) is 1.11. The van der Waals surface area contributed by atoms with Gasteiger partial charge in [-0.15, -0.1) is 11.8 Å². The van der Waals surface area contributed by atoms with Crippen LogP contribution in [0, 0.1) is 0 Å². The highest BCUT2D eigenvalue weighted by molar-refractivity contribution is 8.01. The zero-order valence-electron chi connectivity index (χ0n) is 15.2. The summed E-state index contributed by atoms with van der Waals surface area (Å²) in [6.45, 7) is 1.60. The molecule has 0 aliphatic carbocycles. The first-order valence-corrected chi connectivity index (χ1v) is 10.2. The number of benzene rings is 1. The van der Waals surface area contributed by atoms with Crippen LogP contribution in [0.15, 0.2) is 55.0 Å². The van der Waals surface area contributed by atoms with Gasteiger partial charge in [0.1, 0.15) is 11.9 Å². The maximum Gasteiger partial charge on any atom is 0.253 e. The number of ether oxygens (including phenoxy) is 1. The van der Waals surface area contributed by atoms with E-state index in [1.807, 2.05) is 60.2 Å². The van der Waals surface area contributed by atoms with Crippen LogP contribution in [0.3, 0.4) is 0 Å². The number of carbonyl (C=O) groups excluding carboxylic acids is 1. The van der Waals surface area contributed by atoms with Crippen molar-refractivity contribution in [3.05, 3.63) is 60.6 Å². The quantitative estimate of drug-likeness (QED) is 0.700. The fourth-order valence-electron chi connectivity index (χ4n) is 4.10. The number of aryl methyl sites for hydroxylation is 1. The van der Waals surface area contributed by atoms with Crippen LogP contribution in [0.2, 0.25) is 0 Å². The lowest BCUT2D eigenvalue weighted by atomic mass is 9.92. The van der Waals surface area contributed by atoms with Crippen molar-refractivity contribution in [3.8, 4) is 5.75 Å². The number of fused-ring (bicyclic) bond motifs is 1. The summed E-state index contributed by atoms with van der Waals surface area (Å²) in [6, 6.07) is 11.8. The molecule has 0 bridgehead atoms. The first-order chi connectivity index (χ1) is 13.1. The number of hydrogen-bond acceptors (Lipinski definition) is 4. The van der Waals surface area contributed by atoms with Gasteiger partial charge in [-0.3, -0.25) is 9.78 Å². The predicted molar refractivity (Wildman–Crippen MR) is 107 cm³/mol. The van der Waals surface area contributed by atoms with Crippen molar-refractivity contribution >= 4 is 28.6 Å². The van der Waals surface area contributed by atoms with Gasteiger partial charge in [0.25, 0.3) is 5.91 Å². The first-order valence-electron chi connectivity index (χ1n) is 9.17. The van der Waals surface area contributed by atoms with Crippen molar-refractivity contribution in [2.45, 2.75) is 17.3 Å². The van der Waals surface area contributed by atoms with Gasteiger partial charge in [0, 0.05) is 61.2 Å². The van der Waals surface area contributed by atoms with Gasteiger partial charge in [0.15, 0.2) is 0 Å². The van der Waals surface area contributed by atoms with Crippen LogP contribution in [0.25, 0.3) is 10.9 Å². The first kappa shape index (κ1) is 16.7. The standard InChI is InChI=1S/C21H21N3O2S/c1-23-8-6-15-9-16(4-5-19(15)23)20(25)24-13-21(14-24)10-18(12-27-21)26-17-3-2-7-22-11-17/h2-9,11,18H,10,12-14H2,1H3. The maximum absolute atomic E-state index is 12.9. The van der Waals surface area contributed by atoms with E-state index >= 15 is 0 Å². The third kappa shape index (κ3) is 2.98. The van der Waals surface area contributed by atoms with Gasteiger partial charge in [-0.05, 0) is 36.4 Å². The van der Waals surface area contributed by atoms with Crippen LogP contribution >= 0.6 is 11.8 Å². The molecule has 1 spiro atoms. The summed E-state index contributed by atoms with van der Waals surface area (Å²) < 4.78 is 8.27. The highest BCUT2D eigenvalue weighted by atomic mass is 32.2. The molecule has 6 heteroatoms. The van der Waals surface area contributed by atoms with E-state index in [0.717, 1.165) is 47.5 Å². The zero-order chi connectivity index (χ0) is 18.4. The predicted octanol–water partition coefficient (Wildman–Crippen LogP) is 3.35. The Labute approximate surface area is 162 Å². The molecule has 5 rings (SSSR count). The van der Waals surface area contributed by atoms with Gasteiger partial charge in [0.05, 0.1) is 10.9 Å². The number of pyridine rings is 1. The van der Waals surface area contributed by atoms with Crippen LogP contribution in [-0.4, -0.2) is 50.1 Å². The largest absolute Gasteiger partial charge is 0.488 e. The minimum Gasteiger partial charge on any atom is -0.488 e. The third-order valence-corrected chi connectivity index (χ3v) is 7.07. The van der Waals surface area contributed by atoms with E-state index in [-0.39, 0.29) is 16.8 Å². The molecule has 4 heterocycles. The molecule has 1 atom stereocenters. The van der Waals surface area contributed by atoms with E-state index in [2.05, 4.69) is 15.6 Å². The molecule has 1 amide bonds. The van der Waals surface area contributed by atoms with Gasteiger partial charge in [-0.2, -0.15) is 0 Å². The second-order valence-corrected chi connectivity index (χ2v) is 8.98. The second-order valence-electron chi connectivity index (χ2n) is 7.49. The van der Waals surface area contributed by atoms with Gasteiger partial charge >= 0.3 is 0 Å². The molecule has 1 aromatic carbocycles. The molecule has 2 fully saturated rings. The maximum atomic E-state index is 12.9. The van der Waals surface area contributed by atoms with Crippen LogP contribution in [0.4, 0.5) is 0 Å². The number of carbonyl (C=O) groups is 1. The molecule has 1 unspecified atom stereocenters. The van der Waals surface area contributed by atoms with Crippen LogP contribution < -0.4 is 4.74 Å². The highest BCUT2D eigenvalue weighted by Gasteiger charge is 2.51. The Balaban J connectivity index is 1.22. The lowest BCUT2D eigenvalue weighted by Crippen LogP contribution is -2.60. The molecule has 5 nitrogen and oxygen atoms in total. The lowest BCUT2D eigenvalue weighted by molar-refractivity contribution is 0.0518. The van der Waals surface area contributed by atoms with E-state index in [4.69, 9.17) is 4.74 Å². The molecular weight excluding hydrogens is 358 g/mol. The second kappa shape index (κ2) is 6.30. The topological polar surface area (TPSA) is 47.4 Å². The van der Waals surface area contributed by atoms with Crippen molar-refractivity contribution in [2.75, 3.05) is 18.8 Å². The van der Waals surface area contributed by atoms with E-state index < -0.39 is 0 Å². The molecule has 138 valence electrons. The van der Waals surface area contributed by atoms with Gasteiger partial charge in [-0.1, -0.05) is 0 Å². The number of nitrogens with zero attached hydrogens (tertiary/aromatic N) is 3. The summed E-state index contributed by atoms with van der Waals surface area (Å²) in [6.07, 6.45) is 6.70. The SMILES string of the molecule is Cn1ccc2cc(C(=O)N3CC4(CC(Oc5cccnc5)CS4)C3)ccc21. The summed E-state index contributed by atoms with van der Waals surface area (Å²) in [4.78, 5) is 18.9. The Bertz CT molecular complexity index is 995. The van der Waals surface area contributed by atoms with Crippen molar-refractivity contribution in [1.82, 2.24) is 14.5 Å². The molecule has 3 aromatic rings. The van der Waals surface area contributed by atoms with E-state index in [1.54, 1.807) is 12.4 Å². The van der Waals surface area contributed by atoms with E-state index in [0.29, 0.717) is 0 Å². The molecule has 0 N–H and O–H groups in total. The Morgan fingerprint density at radius 3 is 3.00 bits per heavy atom. The Kier molecular flexibility index (Phi) is 3.90. The van der Waals surface area contributed by atoms with E-state index in [9.17, 15) is 4.79 Å². The molecule has 0 saturated carbocycles. The number of rotatable bonds is 3. The Hall–Kier alpha value is -2.47. The summed E-state index contributed by atoms with van der Waals surface area (Å²) in [7, 11) is 2.02. The molecule has 27 heavy (non-hydrogen) atoms. The van der Waals surface area contributed by atoms with Gasteiger partial charge < -0.3 is 14.2 Å². The minimum absolute atomic E-state index is 0.128. The van der Waals surface area contributed by atoms with Crippen molar-refractivity contribution in [3.63, 3.8) is 0 Å². The zero-order valence-corrected chi connectivity index (χ0v) is 16.0. The smallest absolute Gasteiger partial charge is 0.253 e. The van der Waals surface area contributed by atoms with Crippen LogP contribution in [-0.2, 0) is 7.05 Å². The molecule has 0 radical (unpaired) electrons. The Morgan fingerprint density at radius 2 is 2.19 bits per heavy atom. The number of thioether (sulfide) groups is 1. The highest BCUT2D eigenvalue weighted by Crippen LogP contribution is 2.46. The third-order valence-electron chi connectivity index (χ3n) is 5.49. The number of hydrogen-bond donors (Lipinski definition) is 0. The summed E-state index contributed by atoms with van der Waals surface area (Å²) in [5.41, 5.74) is 1.92. The normalized spacial score (nSPS) is 20.8. The molecule has 2 saturated heterocycles. The molecule has 2 aromatic heterocycles. The lowest BCUT2D eigenvalue weighted by Gasteiger charge is -2.47. The number of amides is 1. The number of likely N-dealkylation sites (tertiary alicyclic amines) is 1. The van der Waals surface area contributed by atoms with Crippen molar-refractivity contribution in [1.29, 1.82) is 0 Å². The average Bonchev–Trinajstić information content (AvgIpc) is 3.25. The Morgan fingerprint density at radius 1 is 1.30 bits per heavy atom. The van der Waals surface area contributed by atoms with E-state index in [1.165, 1.54) is 0 Å². The van der Waals surface area contributed by atoms with Gasteiger partial charge in [-0.25, -0.2) is 0 Å². The fourth-order valence-corrected chi connectivity index (χ4v) is 5.62. The van der Waals surface area contributed by atoms with Gasteiger partial charge in [0.2, 0.25) is 0 Å². The van der Waals surface area contributed by atoms with Crippen molar-refractivity contribution < 1.29 is 9.53 Å². The monoisotopic (exact) mass is 379 g/mol. The van der Waals surface area contributed by atoms with Crippen LogP contribution in [0.1, 0.15) is 16.8 Å². The number of aromatic nitrogens is 2. The van der Waals surface area contributed by atoms with Crippen LogP contribution in [0.5, 0.6) is 5.75 Å². The molecule has 2 aliphatic rings. The minimum atomic E-state index is 0.128. The summed E-state index contributed by atoms with van der Waals surface area (Å²) in [5.74, 6) is 1.92. The summed E-state index contributed by atoms with van der Waals surface area (Å²) >= 11 is 1.94.